The number of aliphatic carboxylic acids is 1. The van der Waals surface area contributed by atoms with Crippen molar-refractivity contribution in [3.63, 3.8) is 0 Å². The van der Waals surface area contributed by atoms with E-state index in [-0.39, 0.29) is 12.4 Å². The standard InChI is InChI=1S/C25H43NO4/c1-5-6-7-8-9-10-11-12-13-14-15-16-17-18-19-20-25(29)30-23(26(2,3)4)21-22-24(27)28/h9-10,12-13,15-16,23H,5-8,11,14,17-22H2,1-4H3/p+1/b10-9-,13-12-,16-15-/t23-/m0/s1. The molecule has 0 bridgehead atoms. The van der Waals surface area contributed by atoms with Crippen molar-refractivity contribution in [2.45, 2.75) is 90.2 Å². The zero-order valence-electron chi connectivity index (χ0n) is 19.6. The first-order valence-corrected chi connectivity index (χ1v) is 11.4. The summed E-state index contributed by atoms with van der Waals surface area (Å²) >= 11 is 0. The molecule has 0 unspecified atom stereocenters. The quantitative estimate of drug-likeness (QED) is 0.0965. The first kappa shape index (κ1) is 28.1. The van der Waals surface area contributed by atoms with Gasteiger partial charge in [-0.05, 0) is 44.9 Å². The van der Waals surface area contributed by atoms with Gasteiger partial charge in [0.15, 0.2) is 0 Å². The number of rotatable bonds is 18. The Morgan fingerprint density at radius 3 is 1.87 bits per heavy atom. The molecule has 0 aromatic carbocycles. The summed E-state index contributed by atoms with van der Waals surface area (Å²) in [5, 5.41) is 8.85. The number of carbonyl (C=O) groups is 2. The number of hydrogen-bond donors (Lipinski definition) is 1. The maximum atomic E-state index is 12.1. The number of ether oxygens (including phenoxy) is 1. The van der Waals surface area contributed by atoms with Gasteiger partial charge in [-0.1, -0.05) is 56.2 Å². The molecule has 0 rings (SSSR count). The van der Waals surface area contributed by atoms with Crippen LogP contribution in [-0.2, 0) is 14.3 Å². The lowest BCUT2D eigenvalue weighted by Crippen LogP contribution is -2.47. The molecule has 0 heterocycles. The number of quaternary nitrogens is 1. The molecular formula is C25H44NO4+. The van der Waals surface area contributed by atoms with Crippen LogP contribution in [0.2, 0.25) is 0 Å². The van der Waals surface area contributed by atoms with Gasteiger partial charge in [-0.25, -0.2) is 0 Å². The van der Waals surface area contributed by atoms with Crippen LogP contribution >= 0.6 is 0 Å². The third-order valence-electron chi connectivity index (χ3n) is 4.76. The lowest BCUT2D eigenvalue weighted by atomic mass is 10.1. The van der Waals surface area contributed by atoms with Crippen LogP contribution in [0, 0.1) is 0 Å². The van der Waals surface area contributed by atoms with Gasteiger partial charge >= 0.3 is 11.9 Å². The SMILES string of the molecule is CCCCC/C=C\C/C=C\C/C=C\CCCCC(=O)O[C@@H](CCC(=O)O)[N+](C)(C)C. The fraction of sp³-hybridized carbons (Fsp3) is 0.680. The lowest BCUT2D eigenvalue weighted by molar-refractivity contribution is -0.917. The Kier molecular flexibility index (Phi) is 16.8. The molecule has 0 radical (unpaired) electrons. The van der Waals surface area contributed by atoms with Crippen LogP contribution in [0.25, 0.3) is 0 Å². The van der Waals surface area contributed by atoms with E-state index in [1.54, 1.807) is 0 Å². The minimum absolute atomic E-state index is 0.00194. The largest absolute Gasteiger partial charge is 0.481 e. The molecule has 5 nitrogen and oxygen atoms in total. The van der Waals surface area contributed by atoms with Crippen LogP contribution in [-0.4, -0.2) is 48.9 Å². The van der Waals surface area contributed by atoms with Gasteiger partial charge in [-0.2, -0.15) is 0 Å². The number of carbonyl (C=O) groups excluding carboxylic acids is 1. The number of allylic oxidation sites excluding steroid dienone is 6. The summed E-state index contributed by atoms with van der Waals surface area (Å²) in [6.07, 6.45) is 23.2. The summed E-state index contributed by atoms with van der Waals surface area (Å²) < 4.78 is 5.93. The van der Waals surface area contributed by atoms with Crippen molar-refractivity contribution >= 4 is 11.9 Å². The van der Waals surface area contributed by atoms with Crippen molar-refractivity contribution in [2.24, 2.45) is 0 Å². The first-order chi connectivity index (χ1) is 14.3. The molecule has 172 valence electrons. The molecule has 5 heteroatoms. The Hall–Kier alpha value is -1.88. The van der Waals surface area contributed by atoms with E-state index < -0.39 is 12.2 Å². The Morgan fingerprint density at radius 2 is 1.37 bits per heavy atom. The molecule has 0 spiro atoms. The fourth-order valence-electron chi connectivity index (χ4n) is 2.88. The van der Waals surface area contributed by atoms with Crippen LogP contribution in [0.1, 0.15) is 84.0 Å². The normalized spacial score (nSPS) is 13.5. The van der Waals surface area contributed by atoms with Gasteiger partial charge in [-0.15, -0.1) is 0 Å². The van der Waals surface area contributed by atoms with E-state index >= 15 is 0 Å². The predicted octanol–water partition coefficient (Wildman–Crippen LogP) is 6.02. The lowest BCUT2D eigenvalue weighted by Gasteiger charge is -2.32. The van der Waals surface area contributed by atoms with Gasteiger partial charge in [0.2, 0.25) is 6.23 Å². The predicted molar refractivity (Wildman–Crippen MR) is 124 cm³/mol. The Bertz CT molecular complexity index is 544. The monoisotopic (exact) mass is 422 g/mol. The summed E-state index contributed by atoms with van der Waals surface area (Å²) in [6, 6.07) is 0. The van der Waals surface area contributed by atoms with Gasteiger partial charge in [0, 0.05) is 12.8 Å². The highest BCUT2D eigenvalue weighted by molar-refractivity contribution is 5.69. The van der Waals surface area contributed by atoms with E-state index in [0.29, 0.717) is 17.3 Å². The van der Waals surface area contributed by atoms with Gasteiger partial charge in [0.1, 0.15) is 0 Å². The van der Waals surface area contributed by atoms with Crippen LogP contribution < -0.4 is 0 Å². The Labute approximate surface area is 184 Å². The number of hydrogen-bond acceptors (Lipinski definition) is 3. The highest BCUT2D eigenvalue weighted by Crippen LogP contribution is 2.14. The Morgan fingerprint density at radius 1 is 0.833 bits per heavy atom. The van der Waals surface area contributed by atoms with Gasteiger partial charge in [-0.3, -0.25) is 14.1 Å². The second-order valence-electron chi connectivity index (χ2n) is 8.62. The topological polar surface area (TPSA) is 63.6 Å². The zero-order valence-corrected chi connectivity index (χ0v) is 19.6. The third kappa shape index (κ3) is 18.2. The van der Waals surface area contributed by atoms with Crippen molar-refractivity contribution in [2.75, 3.05) is 21.1 Å². The zero-order chi connectivity index (χ0) is 22.7. The smallest absolute Gasteiger partial charge is 0.310 e. The summed E-state index contributed by atoms with van der Waals surface area (Å²) in [5.74, 6) is -1.11. The van der Waals surface area contributed by atoms with Crippen molar-refractivity contribution in [1.82, 2.24) is 0 Å². The van der Waals surface area contributed by atoms with E-state index in [1.807, 2.05) is 21.1 Å². The molecule has 1 N–H and O–H groups in total. The molecule has 30 heavy (non-hydrogen) atoms. The molecule has 0 saturated heterocycles. The molecule has 0 aliphatic carbocycles. The molecule has 0 aromatic heterocycles. The van der Waals surface area contributed by atoms with E-state index in [4.69, 9.17) is 9.84 Å². The summed E-state index contributed by atoms with van der Waals surface area (Å²) in [5.41, 5.74) is 0. The maximum Gasteiger partial charge on any atom is 0.310 e. The molecule has 0 amide bonds. The minimum Gasteiger partial charge on any atom is -0.481 e. The molecular weight excluding hydrogens is 378 g/mol. The second-order valence-corrected chi connectivity index (χ2v) is 8.62. The number of nitrogens with zero attached hydrogens (tertiary/aromatic N) is 1. The van der Waals surface area contributed by atoms with Crippen molar-refractivity contribution < 1.29 is 23.9 Å². The minimum atomic E-state index is -0.870. The summed E-state index contributed by atoms with van der Waals surface area (Å²) in [7, 11) is 5.72. The molecule has 0 aliphatic rings. The van der Waals surface area contributed by atoms with Gasteiger partial charge in [0.25, 0.3) is 0 Å². The van der Waals surface area contributed by atoms with E-state index in [0.717, 1.165) is 32.1 Å². The van der Waals surface area contributed by atoms with Crippen molar-refractivity contribution in [3.8, 4) is 0 Å². The number of esters is 1. The molecule has 0 aliphatic heterocycles. The average molecular weight is 423 g/mol. The van der Waals surface area contributed by atoms with Crippen molar-refractivity contribution in [3.05, 3.63) is 36.5 Å². The third-order valence-corrected chi connectivity index (χ3v) is 4.76. The molecule has 0 fully saturated rings. The molecule has 1 atom stereocenters. The Balaban J connectivity index is 3.84. The summed E-state index contributed by atoms with van der Waals surface area (Å²) in [4.78, 5) is 22.9. The fourth-order valence-corrected chi connectivity index (χ4v) is 2.88. The van der Waals surface area contributed by atoms with Gasteiger partial charge in [0.05, 0.1) is 27.6 Å². The highest BCUT2D eigenvalue weighted by atomic mass is 16.6. The molecule has 0 aromatic rings. The van der Waals surface area contributed by atoms with E-state index in [9.17, 15) is 9.59 Å². The van der Waals surface area contributed by atoms with Crippen LogP contribution in [0.3, 0.4) is 0 Å². The maximum absolute atomic E-state index is 12.1. The van der Waals surface area contributed by atoms with Crippen molar-refractivity contribution in [1.29, 1.82) is 0 Å². The average Bonchev–Trinajstić information content (AvgIpc) is 2.67. The molecule has 0 saturated carbocycles. The second kappa shape index (κ2) is 17.9. The number of carboxylic acids is 1. The summed E-state index contributed by atoms with van der Waals surface area (Å²) in [6.45, 7) is 2.23. The number of carboxylic acid groups (broad SMARTS) is 1. The van der Waals surface area contributed by atoms with Gasteiger partial charge < -0.3 is 9.84 Å². The first-order valence-electron chi connectivity index (χ1n) is 11.4. The van der Waals surface area contributed by atoms with E-state index in [2.05, 4.69) is 43.4 Å². The van der Waals surface area contributed by atoms with Crippen LogP contribution in [0.4, 0.5) is 0 Å². The van der Waals surface area contributed by atoms with Crippen LogP contribution in [0.5, 0.6) is 0 Å². The van der Waals surface area contributed by atoms with Crippen LogP contribution in [0.15, 0.2) is 36.5 Å². The number of unbranched alkanes of at least 4 members (excludes halogenated alkanes) is 5. The highest BCUT2D eigenvalue weighted by Gasteiger charge is 2.28. The van der Waals surface area contributed by atoms with E-state index in [1.165, 1.54) is 25.7 Å².